The first-order valence-corrected chi connectivity index (χ1v) is 8.22. The fourth-order valence-corrected chi connectivity index (χ4v) is 2.92. The number of nitrogens with zero attached hydrogens (tertiary/aromatic N) is 5. The van der Waals surface area contributed by atoms with Crippen LogP contribution < -0.4 is 5.32 Å². The van der Waals surface area contributed by atoms with Crippen molar-refractivity contribution in [1.29, 1.82) is 0 Å². The first kappa shape index (κ1) is 15.3. The second-order valence-electron chi connectivity index (χ2n) is 5.36. The van der Waals surface area contributed by atoms with Crippen LogP contribution in [0.2, 0.25) is 0 Å². The highest BCUT2D eigenvalue weighted by atomic mass is 32.1. The minimum absolute atomic E-state index is 0.164. The summed E-state index contributed by atoms with van der Waals surface area (Å²) in [6.45, 7) is 0.376. The van der Waals surface area contributed by atoms with Gasteiger partial charge < -0.3 is 5.32 Å². The Morgan fingerprint density at radius 1 is 0.920 bits per heavy atom. The van der Waals surface area contributed by atoms with Crippen LogP contribution in [0.15, 0.2) is 55.4 Å². The lowest BCUT2D eigenvalue weighted by molar-refractivity contribution is 0.0951. The number of nitrogens with one attached hydrogen (secondary N) is 1. The molecule has 3 heterocycles. The van der Waals surface area contributed by atoms with Crippen LogP contribution in [0.4, 0.5) is 0 Å². The van der Waals surface area contributed by atoms with Crippen molar-refractivity contribution in [2.75, 3.05) is 0 Å². The van der Waals surface area contributed by atoms with Crippen LogP contribution in [0.25, 0.3) is 22.2 Å². The molecule has 4 rings (SSSR count). The van der Waals surface area contributed by atoms with Gasteiger partial charge in [-0.05, 0) is 29.8 Å². The van der Waals surface area contributed by atoms with Crippen molar-refractivity contribution in [3.05, 3.63) is 66.5 Å². The monoisotopic (exact) mass is 348 g/mol. The van der Waals surface area contributed by atoms with E-state index in [0.717, 1.165) is 39.5 Å². The first-order valence-electron chi connectivity index (χ1n) is 7.49. The number of hydrogen-bond donors (Lipinski definition) is 1. The van der Waals surface area contributed by atoms with Crippen molar-refractivity contribution in [3.63, 3.8) is 0 Å². The molecule has 25 heavy (non-hydrogen) atoms. The maximum Gasteiger partial charge on any atom is 0.251 e. The summed E-state index contributed by atoms with van der Waals surface area (Å²) in [4.78, 5) is 24.6. The van der Waals surface area contributed by atoms with Crippen molar-refractivity contribution in [2.24, 2.45) is 0 Å². The molecule has 0 aliphatic carbocycles. The quantitative estimate of drug-likeness (QED) is 0.609. The molecule has 0 bridgehead atoms. The lowest BCUT2D eigenvalue weighted by Gasteiger charge is -2.07. The van der Waals surface area contributed by atoms with Gasteiger partial charge in [-0.2, -0.15) is 8.75 Å². The minimum Gasteiger partial charge on any atom is -0.348 e. The fourth-order valence-electron chi connectivity index (χ4n) is 2.40. The molecule has 0 unspecified atom stereocenters. The molecule has 7 nitrogen and oxygen atoms in total. The highest BCUT2D eigenvalue weighted by molar-refractivity contribution is 7.00. The van der Waals surface area contributed by atoms with E-state index < -0.39 is 0 Å². The molecule has 0 saturated carbocycles. The van der Waals surface area contributed by atoms with Gasteiger partial charge in [0.05, 0.1) is 11.7 Å². The number of hydrogen-bond acceptors (Lipinski definition) is 7. The van der Waals surface area contributed by atoms with Crippen LogP contribution in [-0.2, 0) is 6.54 Å². The predicted molar refractivity (Wildman–Crippen MR) is 93.8 cm³/mol. The number of fused-ring (bicyclic) bond motifs is 1. The van der Waals surface area contributed by atoms with Crippen molar-refractivity contribution in [2.45, 2.75) is 6.54 Å². The fraction of sp³-hybridized carbons (Fsp3) is 0.0588. The van der Waals surface area contributed by atoms with E-state index in [1.165, 1.54) is 6.33 Å². The average Bonchev–Trinajstić information content (AvgIpc) is 3.15. The topological polar surface area (TPSA) is 93.6 Å². The third-order valence-electron chi connectivity index (χ3n) is 3.66. The summed E-state index contributed by atoms with van der Waals surface area (Å²) >= 11 is 1.13. The number of carbonyl (C=O) groups excluding carboxylic acids is 1. The number of rotatable bonds is 4. The van der Waals surface area contributed by atoms with Gasteiger partial charge >= 0.3 is 0 Å². The van der Waals surface area contributed by atoms with Crippen LogP contribution in [0.1, 0.15) is 15.9 Å². The summed E-state index contributed by atoms with van der Waals surface area (Å²) in [7, 11) is 0. The second kappa shape index (κ2) is 6.70. The lowest BCUT2D eigenvalue weighted by Crippen LogP contribution is -2.22. The molecule has 8 heteroatoms. The van der Waals surface area contributed by atoms with E-state index in [0.29, 0.717) is 12.1 Å². The number of carbonyl (C=O) groups is 1. The summed E-state index contributed by atoms with van der Waals surface area (Å²) in [5.41, 5.74) is 4.76. The zero-order chi connectivity index (χ0) is 17.1. The van der Waals surface area contributed by atoms with Gasteiger partial charge in [0.15, 0.2) is 0 Å². The standard InChI is InChI=1S/C17H12N6OS/c24-17(12-1-2-15-16(4-12)23-25-22-15)21-6-11-3-13(7-18-5-11)14-8-19-10-20-9-14/h1-5,7-10H,6H2,(H,21,24). The van der Waals surface area contributed by atoms with Crippen LogP contribution in [0, 0.1) is 0 Å². The Labute approximate surface area is 147 Å². The lowest BCUT2D eigenvalue weighted by atomic mass is 10.1. The molecule has 0 aliphatic heterocycles. The molecule has 122 valence electrons. The van der Waals surface area contributed by atoms with E-state index in [4.69, 9.17) is 0 Å². The Morgan fingerprint density at radius 3 is 2.60 bits per heavy atom. The van der Waals surface area contributed by atoms with Gasteiger partial charge in [0.1, 0.15) is 17.4 Å². The van der Waals surface area contributed by atoms with E-state index in [1.54, 1.807) is 43.0 Å². The van der Waals surface area contributed by atoms with Gasteiger partial charge in [0.25, 0.3) is 5.91 Å². The van der Waals surface area contributed by atoms with Crippen molar-refractivity contribution in [3.8, 4) is 11.1 Å². The highest BCUT2D eigenvalue weighted by Gasteiger charge is 2.08. The van der Waals surface area contributed by atoms with Gasteiger partial charge in [-0.1, -0.05) is 0 Å². The Kier molecular flexibility index (Phi) is 4.09. The zero-order valence-electron chi connectivity index (χ0n) is 13.0. The number of aromatic nitrogens is 5. The molecule has 1 N–H and O–H groups in total. The first-order chi connectivity index (χ1) is 12.3. The number of benzene rings is 1. The van der Waals surface area contributed by atoms with E-state index in [9.17, 15) is 4.79 Å². The molecule has 1 amide bonds. The van der Waals surface area contributed by atoms with E-state index in [-0.39, 0.29) is 5.91 Å². The van der Waals surface area contributed by atoms with E-state index in [2.05, 4.69) is 29.0 Å². The number of amides is 1. The van der Waals surface area contributed by atoms with Gasteiger partial charge in [0.2, 0.25) is 0 Å². The molecule has 0 saturated heterocycles. The van der Waals surface area contributed by atoms with E-state index >= 15 is 0 Å². The molecule has 4 aromatic rings. The Bertz CT molecular complexity index is 1030. The largest absolute Gasteiger partial charge is 0.348 e. The third-order valence-corrected chi connectivity index (χ3v) is 4.21. The molecule has 0 fully saturated rings. The molecule has 3 aromatic heterocycles. The van der Waals surface area contributed by atoms with Crippen molar-refractivity contribution < 1.29 is 4.79 Å². The van der Waals surface area contributed by atoms with Crippen LogP contribution in [0.3, 0.4) is 0 Å². The van der Waals surface area contributed by atoms with Crippen LogP contribution in [-0.4, -0.2) is 29.6 Å². The molecule has 0 atom stereocenters. The Balaban J connectivity index is 1.48. The third kappa shape index (κ3) is 3.33. The summed E-state index contributed by atoms with van der Waals surface area (Å²) in [5.74, 6) is -0.164. The maximum atomic E-state index is 12.3. The van der Waals surface area contributed by atoms with Gasteiger partial charge in [0, 0.05) is 48.0 Å². The molecular formula is C17H12N6OS. The summed E-state index contributed by atoms with van der Waals surface area (Å²) in [5, 5.41) is 2.90. The van der Waals surface area contributed by atoms with Crippen LogP contribution in [0.5, 0.6) is 0 Å². The van der Waals surface area contributed by atoms with Gasteiger partial charge in [-0.3, -0.25) is 9.78 Å². The smallest absolute Gasteiger partial charge is 0.251 e. The van der Waals surface area contributed by atoms with Gasteiger partial charge in [-0.15, -0.1) is 0 Å². The Morgan fingerprint density at radius 2 is 1.72 bits per heavy atom. The Hall–Kier alpha value is -3.26. The SMILES string of the molecule is O=C(NCc1cncc(-c2cncnc2)c1)c1ccc2nsnc2c1. The van der Waals surface area contributed by atoms with E-state index in [1.807, 2.05) is 6.07 Å². The summed E-state index contributed by atoms with van der Waals surface area (Å²) in [6.07, 6.45) is 8.40. The zero-order valence-corrected chi connectivity index (χ0v) is 13.8. The van der Waals surface area contributed by atoms with Crippen molar-refractivity contribution >= 4 is 28.7 Å². The molecule has 0 spiro atoms. The maximum absolute atomic E-state index is 12.3. The van der Waals surface area contributed by atoms with Crippen molar-refractivity contribution in [1.82, 2.24) is 29.0 Å². The predicted octanol–water partition coefficient (Wildman–Crippen LogP) is 2.47. The molecule has 1 aromatic carbocycles. The molecule has 0 aliphatic rings. The molecule has 0 radical (unpaired) electrons. The average molecular weight is 348 g/mol. The highest BCUT2D eigenvalue weighted by Crippen LogP contribution is 2.17. The number of pyridine rings is 1. The molecular weight excluding hydrogens is 336 g/mol. The summed E-state index contributed by atoms with van der Waals surface area (Å²) < 4.78 is 8.29. The minimum atomic E-state index is -0.164. The second-order valence-corrected chi connectivity index (χ2v) is 5.89. The van der Waals surface area contributed by atoms with Crippen LogP contribution >= 0.6 is 11.7 Å². The van der Waals surface area contributed by atoms with Gasteiger partial charge in [-0.25, -0.2) is 9.97 Å². The summed E-state index contributed by atoms with van der Waals surface area (Å²) in [6, 6.07) is 7.24. The normalized spacial score (nSPS) is 10.7.